The Morgan fingerprint density at radius 2 is 1.94 bits per heavy atom. The SMILES string of the molecule is CCC[C@@H]1O[C@@H](c2ccccc2)OC[C@@H]1CC. The van der Waals surface area contributed by atoms with Crippen molar-refractivity contribution in [2.75, 3.05) is 6.61 Å². The Kier molecular flexibility index (Phi) is 4.57. The molecule has 1 fully saturated rings. The van der Waals surface area contributed by atoms with Gasteiger partial charge in [0.05, 0.1) is 12.7 Å². The van der Waals surface area contributed by atoms with Crippen LogP contribution in [0.25, 0.3) is 0 Å². The fourth-order valence-electron chi connectivity index (χ4n) is 2.38. The number of rotatable bonds is 4. The molecule has 0 radical (unpaired) electrons. The van der Waals surface area contributed by atoms with Gasteiger partial charge in [0.1, 0.15) is 0 Å². The van der Waals surface area contributed by atoms with Crippen LogP contribution in [-0.2, 0) is 9.47 Å². The molecule has 2 nitrogen and oxygen atoms in total. The Morgan fingerprint density at radius 1 is 1.18 bits per heavy atom. The van der Waals surface area contributed by atoms with Crippen LogP contribution >= 0.6 is 0 Å². The minimum Gasteiger partial charge on any atom is -0.348 e. The average Bonchev–Trinajstić information content (AvgIpc) is 2.40. The summed E-state index contributed by atoms with van der Waals surface area (Å²) in [6.07, 6.45) is 3.61. The monoisotopic (exact) mass is 234 g/mol. The molecule has 0 N–H and O–H groups in total. The fraction of sp³-hybridized carbons (Fsp3) is 0.600. The molecule has 17 heavy (non-hydrogen) atoms. The zero-order chi connectivity index (χ0) is 12.1. The molecule has 0 spiro atoms. The highest BCUT2D eigenvalue weighted by Crippen LogP contribution is 2.32. The van der Waals surface area contributed by atoms with E-state index >= 15 is 0 Å². The van der Waals surface area contributed by atoms with Gasteiger partial charge in [0, 0.05) is 11.5 Å². The van der Waals surface area contributed by atoms with E-state index in [-0.39, 0.29) is 6.29 Å². The lowest BCUT2D eigenvalue weighted by Crippen LogP contribution is -2.35. The number of hydrogen-bond acceptors (Lipinski definition) is 2. The molecule has 2 rings (SSSR count). The van der Waals surface area contributed by atoms with Gasteiger partial charge in [-0.15, -0.1) is 0 Å². The van der Waals surface area contributed by atoms with Crippen LogP contribution in [0.15, 0.2) is 30.3 Å². The zero-order valence-electron chi connectivity index (χ0n) is 10.8. The second kappa shape index (κ2) is 6.18. The van der Waals surface area contributed by atoms with Gasteiger partial charge in [-0.3, -0.25) is 0 Å². The van der Waals surface area contributed by atoms with E-state index in [1.807, 2.05) is 18.2 Å². The first-order valence-corrected chi connectivity index (χ1v) is 6.67. The van der Waals surface area contributed by atoms with Crippen LogP contribution in [0.5, 0.6) is 0 Å². The standard InChI is InChI=1S/C15H22O2/c1-3-8-14-12(4-2)11-16-15(17-14)13-9-6-5-7-10-13/h5-7,9-10,12,14-15H,3-4,8,11H2,1-2H3/t12-,14-,15-/m0/s1. The fourth-order valence-corrected chi connectivity index (χ4v) is 2.38. The average molecular weight is 234 g/mol. The zero-order valence-corrected chi connectivity index (χ0v) is 10.8. The van der Waals surface area contributed by atoms with Crippen molar-refractivity contribution < 1.29 is 9.47 Å². The van der Waals surface area contributed by atoms with Gasteiger partial charge < -0.3 is 9.47 Å². The van der Waals surface area contributed by atoms with Crippen molar-refractivity contribution in [1.82, 2.24) is 0 Å². The van der Waals surface area contributed by atoms with Crippen LogP contribution < -0.4 is 0 Å². The summed E-state index contributed by atoms with van der Waals surface area (Å²) in [5.74, 6) is 0.551. The molecule has 0 aromatic heterocycles. The minimum atomic E-state index is -0.171. The van der Waals surface area contributed by atoms with E-state index in [1.165, 1.54) is 6.42 Å². The van der Waals surface area contributed by atoms with Crippen molar-refractivity contribution in [2.24, 2.45) is 5.92 Å². The largest absolute Gasteiger partial charge is 0.348 e. The Balaban J connectivity index is 2.03. The summed E-state index contributed by atoms with van der Waals surface area (Å²) < 4.78 is 11.9. The molecule has 0 bridgehead atoms. The predicted octanol–water partition coefficient (Wildman–Crippen LogP) is 3.93. The van der Waals surface area contributed by atoms with E-state index < -0.39 is 0 Å². The number of hydrogen-bond donors (Lipinski definition) is 0. The minimum absolute atomic E-state index is 0.171. The molecule has 0 saturated carbocycles. The van der Waals surface area contributed by atoms with Gasteiger partial charge in [0.25, 0.3) is 0 Å². The van der Waals surface area contributed by atoms with Crippen LogP contribution in [-0.4, -0.2) is 12.7 Å². The summed E-state index contributed by atoms with van der Waals surface area (Å²) in [5.41, 5.74) is 1.13. The van der Waals surface area contributed by atoms with Crippen molar-refractivity contribution in [1.29, 1.82) is 0 Å². The Labute approximate surface area is 104 Å². The molecule has 0 amide bonds. The summed E-state index contributed by atoms with van der Waals surface area (Å²) in [4.78, 5) is 0. The number of benzene rings is 1. The van der Waals surface area contributed by atoms with E-state index in [4.69, 9.17) is 9.47 Å². The summed E-state index contributed by atoms with van der Waals surface area (Å²) in [7, 11) is 0. The normalized spacial score (nSPS) is 29.2. The van der Waals surface area contributed by atoms with Gasteiger partial charge >= 0.3 is 0 Å². The first-order valence-electron chi connectivity index (χ1n) is 6.67. The second-order valence-corrected chi connectivity index (χ2v) is 4.71. The van der Waals surface area contributed by atoms with Gasteiger partial charge in [-0.2, -0.15) is 0 Å². The number of ether oxygens (including phenoxy) is 2. The van der Waals surface area contributed by atoms with Crippen molar-refractivity contribution in [3.8, 4) is 0 Å². The summed E-state index contributed by atoms with van der Waals surface area (Å²) in [6, 6.07) is 10.2. The van der Waals surface area contributed by atoms with Crippen LogP contribution in [0.4, 0.5) is 0 Å². The Hall–Kier alpha value is -0.860. The molecule has 94 valence electrons. The highest BCUT2D eigenvalue weighted by molar-refractivity contribution is 5.16. The highest BCUT2D eigenvalue weighted by Gasteiger charge is 2.30. The van der Waals surface area contributed by atoms with Crippen molar-refractivity contribution in [2.45, 2.75) is 45.5 Å². The smallest absolute Gasteiger partial charge is 0.184 e. The lowest BCUT2D eigenvalue weighted by atomic mass is 9.95. The summed E-state index contributed by atoms with van der Waals surface area (Å²) in [6.45, 7) is 5.24. The van der Waals surface area contributed by atoms with Gasteiger partial charge in [0.15, 0.2) is 6.29 Å². The molecule has 1 aliphatic heterocycles. The maximum atomic E-state index is 6.09. The molecule has 1 aliphatic rings. The Bertz CT molecular complexity index is 323. The molecule has 1 saturated heterocycles. The van der Waals surface area contributed by atoms with E-state index in [2.05, 4.69) is 26.0 Å². The first kappa shape index (κ1) is 12.6. The van der Waals surface area contributed by atoms with E-state index in [0.717, 1.165) is 25.0 Å². The summed E-state index contributed by atoms with van der Waals surface area (Å²) in [5, 5.41) is 0. The molecular weight excluding hydrogens is 212 g/mol. The quantitative estimate of drug-likeness (QED) is 0.786. The maximum absolute atomic E-state index is 6.09. The topological polar surface area (TPSA) is 18.5 Å². The molecule has 2 heteroatoms. The lowest BCUT2D eigenvalue weighted by Gasteiger charge is -2.36. The predicted molar refractivity (Wildman–Crippen MR) is 68.7 cm³/mol. The van der Waals surface area contributed by atoms with E-state index in [1.54, 1.807) is 0 Å². The van der Waals surface area contributed by atoms with Gasteiger partial charge in [-0.1, -0.05) is 50.6 Å². The van der Waals surface area contributed by atoms with Crippen molar-refractivity contribution in [3.63, 3.8) is 0 Å². The third-order valence-corrected chi connectivity index (χ3v) is 3.46. The molecule has 1 aromatic rings. The molecular formula is C15H22O2. The lowest BCUT2D eigenvalue weighted by molar-refractivity contribution is -0.243. The Morgan fingerprint density at radius 3 is 2.59 bits per heavy atom. The van der Waals surface area contributed by atoms with Gasteiger partial charge in [0.2, 0.25) is 0 Å². The van der Waals surface area contributed by atoms with Crippen LogP contribution in [0.2, 0.25) is 0 Å². The highest BCUT2D eigenvalue weighted by atomic mass is 16.7. The van der Waals surface area contributed by atoms with Crippen LogP contribution in [0.3, 0.4) is 0 Å². The molecule has 1 heterocycles. The van der Waals surface area contributed by atoms with E-state index in [9.17, 15) is 0 Å². The first-order chi connectivity index (χ1) is 8.35. The van der Waals surface area contributed by atoms with Crippen LogP contribution in [0.1, 0.15) is 45.0 Å². The van der Waals surface area contributed by atoms with Gasteiger partial charge in [-0.25, -0.2) is 0 Å². The summed E-state index contributed by atoms with van der Waals surface area (Å²) >= 11 is 0. The van der Waals surface area contributed by atoms with Crippen LogP contribution in [0, 0.1) is 5.92 Å². The molecule has 0 aliphatic carbocycles. The molecule has 3 atom stereocenters. The van der Waals surface area contributed by atoms with Gasteiger partial charge in [-0.05, 0) is 12.8 Å². The molecule has 1 aromatic carbocycles. The van der Waals surface area contributed by atoms with Crippen molar-refractivity contribution >= 4 is 0 Å². The third-order valence-electron chi connectivity index (χ3n) is 3.46. The third kappa shape index (κ3) is 3.08. The molecule has 0 unspecified atom stereocenters. The maximum Gasteiger partial charge on any atom is 0.184 e. The van der Waals surface area contributed by atoms with Crippen molar-refractivity contribution in [3.05, 3.63) is 35.9 Å². The van der Waals surface area contributed by atoms with E-state index in [0.29, 0.717) is 12.0 Å². The second-order valence-electron chi connectivity index (χ2n) is 4.71.